The first kappa shape index (κ1) is 13.6. The van der Waals surface area contributed by atoms with Crippen LogP contribution in [-0.2, 0) is 4.74 Å². The van der Waals surface area contributed by atoms with Crippen molar-refractivity contribution in [2.75, 3.05) is 19.0 Å². The van der Waals surface area contributed by atoms with Crippen LogP contribution in [0, 0.1) is 0 Å². The van der Waals surface area contributed by atoms with E-state index in [-0.39, 0.29) is 5.97 Å². The number of rotatable bonds is 6. The molecule has 0 amide bonds. The molecule has 3 nitrogen and oxygen atoms in total. The summed E-state index contributed by atoms with van der Waals surface area (Å²) < 4.78 is 10.5. The number of esters is 1. The molecule has 0 fully saturated rings. The minimum absolute atomic E-state index is 0.344. The average molecular weight is 252 g/mol. The first-order valence-corrected chi connectivity index (χ1v) is 5.98. The minimum atomic E-state index is -0.375. The zero-order valence-corrected chi connectivity index (χ0v) is 10.7. The maximum Gasteiger partial charge on any atom is 0.341 e. The van der Waals surface area contributed by atoms with Crippen LogP contribution in [0.3, 0.4) is 0 Å². The summed E-state index contributed by atoms with van der Waals surface area (Å²) in [4.78, 5) is 11.6. The molecule has 1 aromatic rings. The monoisotopic (exact) mass is 252 g/mol. The lowest BCUT2D eigenvalue weighted by Crippen LogP contribution is -2.09. The smallest absolute Gasteiger partial charge is 0.341 e. The number of para-hydroxylation sites is 1. The summed E-state index contributed by atoms with van der Waals surface area (Å²) >= 11 is 4.09. The SMILES string of the molecule is C=C(CS)COc1ccccc1C(=O)OCC. The predicted octanol–water partition coefficient (Wildman–Crippen LogP) is 2.73. The van der Waals surface area contributed by atoms with Crippen molar-refractivity contribution in [2.45, 2.75) is 6.92 Å². The van der Waals surface area contributed by atoms with Gasteiger partial charge in [-0.15, -0.1) is 0 Å². The Labute approximate surface area is 107 Å². The molecule has 0 aromatic heterocycles. The van der Waals surface area contributed by atoms with E-state index in [1.54, 1.807) is 25.1 Å². The quantitative estimate of drug-likeness (QED) is 0.480. The largest absolute Gasteiger partial charge is 0.488 e. The number of carbonyl (C=O) groups excluding carboxylic acids is 1. The van der Waals surface area contributed by atoms with Crippen molar-refractivity contribution >= 4 is 18.6 Å². The maximum absolute atomic E-state index is 11.6. The molecular formula is C13H16O3S. The Balaban J connectivity index is 2.77. The highest BCUT2D eigenvalue weighted by atomic mass is 32.1. The van der Waals surface area contributed by atoms with E-state index in [0.717, 1.165) is 5.57 Å². The molecule has 4 heteroatoms. The number of hydrogen-bond donors (Lipinski definition) is 1. The Kier molecular flexibility index (Phi) is 5.63. The van der Waals surface area contributed by atoms with Crippen LogP contribution in [0.1, 0.15) is 17.3 Å². The van der Waals surface area contributed by atoms with E-state index < -0.39 is 0 Å². The topological polar surface area (TPSA) is 35.5 Å². The Morgan fingerprint density at radius 3 is 2.76 bits per heavy atom. The average Bonchev–Trinajstić information content (AvgIpc) is 2.36. The molecule has 1 rings (SSSR count). The van der Waals surface area contributed by atoms with Crippen LogP contribution < -0.4 is 4.74 Å². The van der Waals surface area contributed by atoms with Gasteiger partial charge in [-0.2, -0.15) is 12.6 Å². The third-order valence-corrected chi connectivity index (χ3v) is 2.49. The molecule has 92 valence electrons. The Morgan fingerprint density at radius 1 is 1.41 bits per heavy atom. The van der Waals surface area contributed by atoms with Gasteiger partial charge < -0.3 is 9.47 Å². The van der Waals surface area contributed by atoms with Crippen molar-refractivity contribution in [1.29, 1.82) is 0 Å². The molecular weight excluding hydrogens is 236 g/mol. The third kappa shape index (κ3) is 4.15. The number of thiol groups is 1. The highest BCUT2D eigenvalue weighted by molar-refractivity contribution is 7.80. The standard InChI is InChI=1S/C13H16O3S/c1-3-15-13(14)11-6-4-5-7-12(11)16-8-10(2)9-17/h4-7,17H,2-3,8-9H2,1H3. The fourth-order valence-electron chi connectivity index (χ4n) is 1.20. The van der Waals surface area contributed by atoms with E-state index in [9.17, 15) is 4.79 Å². The van der Waals surface area contributed by atoms with Gasteiger partial charge >= 0.3 is 5.97 Å². The lowest BCUT2D eigenvalue weighted by molar-refractivity contribution is 0.0522. The fourth-order valence-corrected chi connectivity index (χ4v) is 1.29. The van der Waals surface area contributed by atoms with Gasteiger partial charge in [0.05, 0.1) is 6.61 Å². The zero-order chi connectivity index (χ0) is 12.7. The molecule has 0 bridgehead atoms. The van der Waals surface area contributed by atoms with Gasteiger partial charge in [0.1, 0.15) is 17.9 Å². The highest BCUT2D eigenvalue weighted by Gasteiger charge is 2.12. The van der Waals surface area contributed by atoms with Gasteiger partial charge in [0.15, 0.2) is 0 Å². The fraction of sp³-hybridized carbons (Fsp3) is 0.308. The predicted molar refractivity (Wildman–Crippen MR) is 70.9 cm³/mol. The zero-order valence-electron chi connectivity index (χ0n) is 9.81. The lowest BCUT2D eigenvalue weighted by atomic mass is 10.2. The molecule has 17 heavy (non-hydrogen) atoms. The first-order chi connectivity index (χ1) is 8.19. The first-order valence-electron chi connectivity index (χ1n) is 5.35. The van der Waals surface area contributed by atoms with Gasteiger partial charge in [0, 0.05) is 5.75 Å². The molecule has 0 unspecified atom stereocenters. The molecule has 0 saturated heterocycles. The van der Waals surface area contributed by atoms with Gasteiger partial charge in [0.25, 0.3) is 0 Å². The molecule has 0 spiro atoms. The molecule has 0 aliphatic rings. The highest BCUT2D eigenvalue weighted by Crippen LogP contribution is 2.19. The van der Waals surface area contributed by atoms with Crippen molar-refractivity contribution in [3.63, 3.8) is 0 Å². The summed E-state index contributed by atoms with van der Waals surface area (Å²) in [5, 5.41) is 0. The molecule has 0 aliphatic carbocycles. The lowest BCUT2D eigenvalue weighted by Gasteiger charge is -2.11. The molecule has 0 aliphatic heterocycles. The van der Waals surface area contributed by atoms with Crippen LogP contribution >= 0.6 is 12.6 Å². The van der Waals surface area contributed by atoms with Crippen LogP contribution in [0.15, 0.2) is 36.4 Å². The van der Waals surface area contributed by atoms with Crippen LogP contribution in [0.5, 0.6) is 5.75 Å². The summed E-state index contributed by atoms with van der Waals surface area (Å²) in [6.07, 6.45) is 0. The summed E-state index contributed by atoms with van der Waals surface area (Å²) in [6, 6.07) is 6.99. The number of hydrogen-bond acceptors (Lipinski definition) is 4. The molecule has 0 saturated carbocycles. The van der Waals surface area contributed by atoms with Gasteiger partial charge in [-0.05, 0) is 24.6 Å². The van der Waals surface area contributed by atoms with Gasteiger partial charge in [0.2, 0.25) is 0 Å². The maximum atomic E-state index is 11.6. The van der Waals surface area contributed by atoms with Gasteiger partial charge in [-0.25, -0.2) is 4.79 Å². The minimum Gasteiger partial charge on any atom is -0.488 e. The third-order valence-electron chi connectivity index (χ3n) is 2.04. The molecule has 0 radical (unpaired) electrons. The second-order valence-corrected chi connectivity index (χ2v) is 3.73. The molecule has 0 heterocycles. The van der Waals surface area contributed by atoms with Gasteiger partial charge in [-0.3, -0.25) is 0 Å². The summed E-state index contributed by atoms with van der Waals surface area (Å²) in [7, 11) is 0. The Morgan fingerprint density at radius 2 is 2.12 bits per heavy atom. The summed E-state index contributed by atoms with van der Waals surface area (Å²) in [6.45, 7) is 6.24. The van der Waals surface area contributed by atoms with Crippen LogP contribution in [0.25, 0.3) is 0 Å². The van der Waals surface area contributed by atoms with E-state index >= 15 is 0 Å². The number of ether oxygens (including phenoxy) is 2. The van der Waals surface area contributed by atoms with E-state index in [2.05, 4.69) is 19.2 Å². The van der Waals surface area contributed by atoms with Crippen LogP contribution in [0.4, 0.5) is 0 Å². The Hall–Kier alpha value is -1.42. The Bertz CT molecular complexity index is 401. The van der Waals surface area contributed by atoms with Crippen molar-refractivity contribution < 1.29 is 14.3 Å². The molecule has 0 atom stereocenters. The van der Waals surface area contributed by atoms with Gasteiger partial charge in [-0.1, -0.05) is 18.7 Å². The second kappa shape index (κ2) is 7.01. The summed E-state index contributed by atoms with van der Waals surface area (Å²) in [5.74, 6) is 0.690. The van der Waals surface area contributed by atoms with Crippen molar-refractivity contribution in [2.24, 2.45) is 0 Å². The summed E-state index contributed by atoms with van der Waals surface area (Å²) in [5.41, 5.74) is 1.29. The van der Waals surface area contributed by atoms with E-state index in [0.29, 0.717) is 30.3 Å². The van der Waals surface area contributed by atoms with Crippen LogP contribution in [0.2, 0.25) is 0 Å². The van der Waals surface area contributed by atoms with Crippen molar-refractivity contribution in [3.05, 3.63) is 42.0 Å². The molecule has 0 N–H and O–H groups in total. The number of carbonyl (C=O) groups is 1. The molecule has 1 aromatic carbocycles. The van der Waals surface area contributed by atoms with Crippen molar-refractivity contribution in [1.82, 2.24) is 0 Å². The normalized spacial score (nSPS) is 9.76. The van der Waals surface area contributed by atoms with E-state index in [1.807, 2.05) is 6.07 Å². The van der Waals surface area contributed by atoms with E-state index in [4.69, 9.17) is 9.47 Å². The second-order valence-electron chi connectivity index (χ2n) is 3.41. The number of benzene rings is 1. The van der Waals surface area contributed by atoms with Crippen molar-refractivity contribution in [3.8, 4) is 5.75 Å². The van der Waals surface area contributed by atoms with E-state index in [1.165, 1.54) is 0 Å². The van der Waals surface area contributed by atoms with Crippen LogP contribution in [-0.4, -0.2) is 24.9 Å².